The fourth-order valence-electron chi connectivity index (χ4n) is 3.09. The number of hydrogen-bond donors (Lipinski definition) is 1. The maximum atomic E-state index is 9.37. The van der Waals surface area contributed by atoms with Crippen LogP contribution < -0.4 is 15.0 Å². The third-order valence-corrected chi connectivity index (χ3v) is 4.38. The van der Waals surface area contributed by atoms with Crippen molar-refractivity contribution in [3.63, 3.8) is 0 Å². The lowest BCUT2D eigenvalue weighted by Crippen LogP contribution is -2.43. The van der Waals surface area contributed by atoms with Crippen LogP contribution in [-0.2, 0) is 6.42 Å². The van der Waals surface area contributed by atoms with Crippen LogP contribution in [0.25, 0.3) is 6.08 Å². The summed E-state index contributed by atoms with van der Waals surface area (Å²) in [6, 6.07) is 9.95. The highest BCUT2D eigenvalue weighted by molar-refractivity contribution is 5.61. The van der Waals surface area contributed by atoms with Gasteiger partial charge in [0.05, 0.1) is 17.5 Å². The first-order valence-electron chi connectivity index (χ1n) is 8.16. The molecule has 24 heavy (non-hydrogen) atoms. The second kappa shape index (κ2) is 6.34. The Bertz CT molecular complexity index is 832. The van der Waals surface area contributed by atoms with E-state index in [0.717, 1.165) is 49.5 Å². The summed E-state index contributed by atoms with van der Waals surface area (Å²) in [4.78, 5) is 6.73. The monoisotopic (exact) mass is 318 g/mol. The van der Waals surface area contributed by atoms with Crippen LogP contribution in [0.4, 0.5) is 5.69 Å². The minimum absolute atomic E-state index is 0.532. The fraction of sp³-hybridized carbons (Fsp3) is 0.263. The molecule has 120 valence electrons. The van der Waals surface area contributed by atoms with Crippen molar-refractivity contribution in [1.29, 1.82) is 5.26 Å². The van der Waals surface area contributed by atoms with E-state index in [-0.39, 0.29) is 0 Å². The zero-order valence-electron chi connectivity index (χ0n) is 13.3. The molecule has 1 aromatic heterocycles. The largest absolute Gasteiger partial charge is 0.454 e. The van der Waals surface area contributed by atoms with Crippen LogP contribution in [0.5, 0.6) is 11.5 Å². The Hall–Kier alpha value is -2.84. The Labute approximate surface area is 141 Å². The van der Waals surface area contributed by atoms with E-state index < -0.39 is 0 Å². The molecule has 1 aliphatic heterocycles. The molecule has 2 aromatic rings. The normalized spacial score (nSPS) is 15.9. The molecular weight excluding hydrogens is 300 g/mol. The van der Waals surface area contributed by atoms with Crippen molar-refractivity contribution in [3.8, 4) is 17.6 Å². The maximum absolute atomic E-state index is 9.37. The number of fused-ring (bicyclic) bond motifs is 1. The van der Waals surface area contributed by atoms with Gasteiger partial charge in [-0.1, -0.05) is 12.2 Å². The summed E-state index contributed by atoms with van der Waals surface area (Å²) < 4.78 is 6.00. The van der Waals surface area contributed by atoms with Crippen LogP contribution in [-0.4, -0.2) is 31.2 Å². The van der Waals surface area contributed by atoms with E-state index in [1.165, 1.54) is 0 Å². The van der Waals surface area contributed by atoms with E-state index in [4.69, 9.17) is 4.74 Å². The van der Waals surface area contributed by atoms with Crippen LogP contribution in [0.2, 0.25) is 0 Å². The van der Waals surface area contributed by atoms with E-state index in [2.05, 4.69) is 33.4 Å². The second-order valence-corrected chi connectivity index (χ2v) is 5.94. The molecule has 1 saturated heterocycles. The fourth-order valence-corrected chi connectivity index (χ4v) is 3.09. The van der Waals surface area contributed by atoms with Gasteiger partial charge in [-0.05, 0) is 23.8 Å². The van der Waals surface area contributed by atoms with Gasteiger partial charge in [0.2, 0.25) is 0 Å². The van der Waals surface area contributed by atoms with Crippen molar-refractivity contribution >= 4 is 11.8 Å². The first kappa shape index (κ1) is 14.7. The Morgan fingerprint density at radius 1 is 1.21 bits per heavy atom. The van der Waals surface area contributed by atoms with Gasteiger partial charge in [-0.2, -0.15) is 5.26 Å². The van der Waals surface area contributed by atoms with Gasteiger partial charge in [-0.25, -0.2) is 0 Å². The highest BCUT2D eigenvalue weighted by atomic mass is 16.5. The van der Waals surface area contributed by atoms with Crippen molar-refractivity contribution in [2.75, 3.05) is 31.1 Å². The molecule has 0 radical (unpaired) electrons. The first-order valence-corrected chi connectivity index (χ1v) is 8.16. The minimum atomic E-state index is 0.532. The molecular formula is C19H18N4O. The van der Waals surface area contributed by atoms with E-state index in [1.807, 2.05) is 24.3 Å². The highest BCUT2D eigenvalue weighted by Gasteiger charge is 2.15. The maximum Gasteiger partial charge on any atom is 0.147 e. The number of pyridine rings is 1. The molecule has 1 aromatic carbocycles. The summed E-state index contributed by atoms with van der Waals surface area (Å²) in [6.07, 6.45) is 6.74. The molecule has 0 spiro atoms. The highest BCUT2D eigenvalue weighted by Crippen LogP contribution is 2.31. The molecule has 2 heterocycles. The summed E-state index contributed by atoms with van der Waals surface area (Å²) in [7, 11) is 0. The Morgan fingerprint density at radius 3 is 2.92 bits per heavy atom. The van der Waals surface area contributed by atoms with Gasteiger partial charge in [0.1, 0.15) is 17.6 Å². The van der Waals surface area contributed by atoms with Gasteiger partial charge < -0.3 is 15.0 Å². The summed E-state index contributed by atoms with van der Waals surface area (Å²) in [5.74, 6) is 1.24. The Kier molecular flexibility index (Phi) is 3.89. The number of hydrogen-bond acceptors (Lipinski definition) is 5. The molecule has 1 N–H and O–H groups in total. The SMILES string of the molecule is N#Cc1ccc(N2CCNCC2)cc1Oc1cnc2c(c1)C=CC2. The number of ether oxygens (including phenoxy) is 1. The van der Waals surface area contributed by atoms with E-state index in [1.54, 1.807) is 6.20 Å². The van der Waals surface area contributed by atoms with E-state index >= 15 is 0 Å². The zero-order chi connectivity index (χ0) is 16.4. The van der Waals surface area contributed by atoms with Gasteiger partial charge in [0, 0.05) is 44.4 Å². The summed E-state index contributed by atoms with van der Waals surface area (Å²) in [5, 5.41) is 12.7. The van der Waals surface area contributed by atoms with Crippen LogP contribution >= 0.6 is 0 Å². The van der Waals surface area contributed by atoms with Crippen molar-refractivity contribution in [2.45, 2.75) is 6.42 Å². The molecule has 2 aliphatic rings. The molecule has 1 aliphatic carbocycles. The molecule has 0 saturated carbocycles. The first-order chi connectivity index (χ1) is 11.8. The average molecular weight is 318 g/mol. The lowest BCUT2D eigenvalue weighted by molar-refractivity contribution is 0.477. The van der Waals surface area contributed by atoms with Crippen molar-refractivity contribution in [3.05, 3.63) is 53.4 Å². The Morgan fingerprint density at radius 2 is 2.08 bits per heavy atom. The zero-order valence-corrected chi connectivity index (χ0v) is 13.3. The molecule has 0 unspecified atom stereocenters. The van der Waals surface area contributed by atoms with Crippen LogP contribution in [0.3, 0.4) is 0 Å². The van der Waals surface area contributed by atoms with Crippen molar-refractivity contribution in [2.24, 2.45) is 0 Å². The summed E-state index contributed by atoms with van der Waals surface area (Å²) in [5.41, 5.74) is 3.77. The van der Waals surface area contributed by atoms with Gasteiger partial charge in [-0.15, -0.1) is 0 Å². The molecule has 0 amide bonds. The number of piperazine rings is 1. The summed E-state index contributed by atoms with van der Waals surface area (Å²) >= 11 is 0. The predicted molar refractivity (Wildman–Crippen MR) is 93.3 cm³/mol. The topological polar surface area (TPSA) is 61.2 Å². The van der Waals surface area contributed by atoms with E-state index in [9.17, 15) is 5.26 Å². The van der Waals surface area contributed by atoms with Gasteiger partial charge in [0.25, 0.3) is 0 Å². The summed E-state index contributed by atoms with van der Waals surface area (Å²) in [6.45, 7) is 3.85. The number of aromatic nitrogens is 1. The molecule has 4 rings (SSSR count). The van der Waals surface area contributed by atoms with Gasteiger partial charge in [0.15, 0.2) is 0 Å². The molecule has 5 nitrogen and oxygen atoms in total. The molecule has 5 heteroatoms. The van der Waals surface area contributed by atoms with Crippen LogP contribution in [0.15, 0.2) is 36.5 Å². The third kappa shape index (κ3) is 2.84. The van der Waals surface area contributed by atoms with Gasteiger partial charge in [-0.3, -0.25) is 4.98 Å². The Balaban J connectivity index is 1.63. The predicted octanol–water partition coefficient (Wildman–Crippen LogP) is 2.72. The standard InChI is InChI=1S/C19H18N4O/c20-12-15-4-5-16(23-8-6-21-7-9-23)11-19(15)24-17-10-14-2-1-3-18(14)22-13-17/h1-2,4-5,10-11,13,21H,3,6-9H2. The smallest absolute Gasteiger partial charge is 0.147 e. The molecule has 0 bridgehead atoms. The number of nitrogens with one attached hydrogen (secondary N) is 1. The van der Waals surface area contributed by atoms with Crippen molar-refractivity contribution < 1.29 is 4.74 Å². The second-order valence-electron chi connectivity index (χ2n) is 5.94. The third-order valence-electron chi connectivity index (χ3n) is 4.38. The molecule has 0 atom stereocenters. The van der Waals surface area contributed by atoms with Crippen molar-refractivity contribution in [1.82, 2.24) is 10.3 Å². The number of benzene rings is 1. The number of allylic oxidation sites excluding steroid dienone is 1. The van der Waals surface area contributed by atoms with E-state index in [0.29, 0.717) is 17.1 Å². The quantitative estimate of drug-likeness (QED) is 0.943. The number of nitriles is 1. The van der Waals surface area contributed by atoms with Crippen LogP contribution in [0, 0.1) is 11.3 Å². The lowest BCUT2D eigenvalue weighted by atomic mass is 10.1. The average Bonchev–Trinajstić information content (AvgIpc) is 3.10. The number of nitrogens with zero attached hydrogens (tertiary/aromatic N) is 3. The molecule has 1 fully saturated rings. The lowest BCUT2D eigenvalue weighted by Gasteiger charge is -2.29. The van der Waals surface area contributed by atoms with Crippen LogP contribution in [0.1, 0.15) is 16.8 Å². The minimum Gasteiger partial charge on any atom is -0.454 e. The number of rotatable bonds is 3. The van der Waals surface area contributed by atoms with Gasteiger partial charge >= 0.3 is 0 Å². The number of anilines is 1.